The number of rotatable bonds is 0. The summed E-state index contributed by atoms with van der Waals surface area (Å²) in [7, 11) is 0. The second kappa shape index (κ2) is 3.66. The fraction of sp³-hybridized carbons (Fsp3) is 0.750. The van der Waals surface area contributed by atoms with E-state index in [-0.39, 0.29) is 22.6 Å². The SMILES string of the molecule is Br.NC1=CCCC2(CCCN2)N1. The summed E-state index contributed by atoms with van der Waals surface area (Å²) in [6.45, 7) is 1.13. The van der Waals surface area contributed by atoms with Gasteiger partial charge in [0.05, 0.1) is 11.5 Å². The molecule has 0 bridgehead atoms. The van der Waals surface area contributed by atoms with Crippen LogP contribution in [-0.2, 0) is 0 Å². The minimum absolute atomic E-state index is 0. The van der Waals surface area contributed by atoms with E-state index in [2.05, 4.69) is 16.7 Å². The lowest BCUT2D eigenvalue weighted by Crippen LogP contribution is -2.55. The molecule has 3 nitrogen and oxygen atoms in total. The molecule has 0 aliphatic carbocycles. The van der Waals surface area contributed by atoms with Crippen LogP contribution >= 0.6 is 17.0 Å². The first kappa shape index (κ1) is 9.86. The standard InChI is InChI=1S/C8H15N3.BrH/c9-7-3-1-4-8(11-7)5-2-6-10-8;/h3,10-11H,1-2,4-6,9H2;1H. The highest BCUT2D eigenvalue weighted by molar-refractivity contribution is 8.93. The van der Waals surface area contributed by atoms with Gasteiger partial charge >= 0.3 is 0 Å². The Morgan fingerprint density at radius 2 is 2.25 bits per heavy atom. The van der Waals surface area contributed by atoms with Gasteiger partial charge in [0, 0.05) is 0 Å². The first-order chi connectivity index (χ1) is 5.31. The molecule has 2 aliphatic heterocycles. The number of hydrogen-bond acceptors (Lipinski definition) is 3. The molecule has 0 radical (unpaired) electrons. The number of nitrogens with two attached hydrogens (primary N) is 1. The highest BCUT2D eigenvalue weighted by Gasteiger charge is 2.34. The van der Waals surface area contributed by atoms with Gasteiger partial charge in [0.15, 0.2) is 0 Å². The summed E-state index contributed by atoms with van der Waals surface area (Å²) < 4.78 is 0. The fourth-order valence-electron chi connectivity index (χ4n) is 1.99. The van der Waals surface area contributed by atoms with Gasteiger partial charge in [-0.05, 0) is 38.3 Å². The predicted molar refractivity (Wildman–Crippen MR) is 54.9 cm³/mol. The van der Waals surface area contributed by atoms with Crippen molar-refractivity contribution in [3.63, 3.8) is 0 Å². The molecule has 0 aromatic rings. The molecule has 0 amide bonds. The van der Waals surface area contributed by atoms with Gasteiger partial charge in [0.1, 0.15) is 0 Å². The Labute approximate surface area is 83.5 Å². The molecule has 4 heteroatoms. The Morgan fingerprint density at radius 1 is 1.42 bits per heavy atom. The summed E-state index contributed by atoms with van der Waals surface area (Å²) in [5.41, 5.74) is 5.85. The summed E-state index contributed by atoms with van der Waals surface area (Å²) in [5, 5.41) is 6.79. The normalized spacial score (nSPS) is 33.8. The lowest BCUT2D eigenvalue weighted by atomic mass is 9.98. The minimum Gasteiger partial charge on any atom is -0.386 e. The average molecular weight is 234 g/mol. The molecule has 1 atom stereocenters. The van der Waals surface area contributed by atoms with Crippen molar-refractivity contribution in [1.29, 1.82) is 0 Å². The summed E-state index contributed by atoms with van der Waals surface area (Å²) in [4.78, 5) is 0. The van der Waals surface area contributed by atoms with E-state index in [0.29, 0.717) is 0 Å². The molecule has 1 saturated heterocycles. The van der Waals surface area contributed by atoms with Gasteiger partial charge in [0.25, 0.3) is 0 Å². The number of allylic oxidation sites excluding steroid dienone is 1. The summed E-state index contributed by atoms with van der Waals surface area (Å²) in [6.07, 6.45) is 6.81. The summed E-state index contributed by atoms with van der Waals surface area (Å²) in [6, 6.07) is 0. The van der Waals surface area contributed by atoms with Crippen LogP contribution in [0.2, 0.25) is 0 Å². The predicted octanol–water partition coefficient (Wildman–Crippen LogP) is 0.827. The van der Waals surface area contributed by atoms with E-state index in [9.17, 15) is 0 Å². The fourth-order valence-corrected chi connectivity index (χ4v) is 1.99. The highest BCUT2D eigenvalue weighted by atomic mass is 79.9. The van der Waals surface area contributed by atoms with Crippen LogP contribution in [0.15, 0.2) is 11.9 Å². The van der Waals surface area contributed by atoms with E-state index in [0.717, 1.165) is 18.8 Å². The highest BCUT2D eigenvalue weighted by Crippen LogP contribution is 2.25. The third-order valence-electron chi connectivity index (χ3n) is 2.56. The van der Waals surface area contributed by atoms with Gasteiger partial charge in [-0.15, -0.1) is 17.0 Å². The largest absolute Gasteiger partial charge is 0.386 e. The number of halogens is 1. The second-order valence-electron chi connectivity index (χ2n) is 3.44. The Hall–Kier alpha value is -0.220. The van der Waals surface area contributed by atoms with Gasteiger partial charge in [0.2, 0.25) is 0 Å². The van der Waals surface area contributed by atoms with E-state index >= 15 is 0 Å². The van der Waals surface area contributed by atoms with Crippen molar-refractivity contribution in [3.8, 4) is 0 Å². The molecule has 12 heavy (non-hydrogen) atoms. The van der Waals surface area contributed by atoms with Crippen LogP contribution in [0, 0.1) is 0 Å². The van der Waals surface area contributed by atoms with E-state index in [1.54, 1.807) is 0 Å². The molecule has 2 heterocycles. The summed E-state index contributed by atoms with van der Waals surface area (Å²) in [5.74, 6) is 0.839. The first-order valence-corrected chi connectivity index (χ1v) is 4.30. The molecule has 1 fully saturated rings. The zero-order chi connectivity index (χ0) is 7.73. The maximum absolute atomic E-state index is 5.70. The maximum atomic E-state index is 5.70. The Kier molecular flexibility index (Phi) is 3.01. The smallest absolute Gasteiger partial charge is 0.0933 e. The lowest BCUT2D eigenvalue weighted by molar-refractivity contribution is 0.286. The number of hydrogen-bond donors (Lipinski definition) is 3. The third kappa shape index (κ3) is 1.75. The second-order valence-corrected chi connectivity index (χ2v) is 3.44. The first-order valence-electron chi connectivity index (χ1n) is 4.30. The molecule has 4 N–H and O–H groups in total. The van der Waals surface area contributed by atoms with E-state index < -0.39 is 0 Å². The van der Waals surface area contributed by atoms with Gasteiger partial charge in [-0.25, -0.2) is 0 Å². The van der Waals surface area contributed by atoms with Crippen LogP contribution in [0.1, 0.15) is 25.7 Å². The third-order valence-corrected chi connectivity index (χ3v) is 2.56. The van der Waals surface area contributed by atoms with Crippen molar-refractivity contribution in [3.05, 3.63) is 11.9 Å². The van der Waals surface area contributed by atoms with Crippen LogP contribution in [0.5, 0.6) is 0 Å². The lowest BCUT2D eigenvalue weighted by Gasteiger charge is -2.34. The van der Waals surface area contributed by atoms with Crippen molar-refractivity contribution in [2.24, 2.45) is 5.73 Å². The molecule has 2 rings (SSSR count). The zero-order valence-corrected chi connectivity index (χ0v) is 8.81. The molecule has 1 unspecified atom stereocenters. The minimum atomic E-state index is 0. The van der Waals surface area contributed by atoms with Crippen LogP contribution in [0.3, 0.4) is 0 Å². The Bertz CT molecular complexity index is 185. The van der Waals surface area contributed by atoms with E-state index in [4.69, 9.17) is 5.73 Å². The Morgan fingerprint density at radius 3 is 2.83 bits per heavy atom. The monoisotopic (exact) mass is 233 g/mol. The van der Waals surface area contributed by atoms with Crippen molar-refractivity contribution >= 4 is 17.0 Å². The molecular weight excluding hydrogens is 218 g/mol. The number of nitrogens with one attached hydrogen (secondary N) is 2. The molecule has 0 saturated carbocycles. The van der Waals surface area contributed by atoms with Crippen molar-refractivity contribution in [2.45, 2.75) is 31.3 Å². The maximum Gasteiger partial charge on any atom is 0.0933 e. The summed E-state index contributed by atoms with van der Waals surface area (Å²) >= 11 is 0. The van der Waals surface area contributed by atoms with Gasteiger partial charge in [-0.1, -0.05) is 0 Å². The van der Waals surface area contributed by atoms with Crippen LogP contribution in [0.25, 0.3) is 0 Å². The average Bonchev–Trinajstić information content (AvgIpc) is 2.37. The molecular formula is C8H16BrN3. The van der Waals surface area contributed by atoms with Crippen LogP contribution < -0.4 is 16.4 Å². The van der Waals surface area contributed by atoms with Crippen molar-refractivity contribution < 1.29 is 0 Å². The van der Waals surface area contributed by atoms with Crippen LogP contribution in [-0.4, -0.2) is 12.2 Å². The molecule has 1 spiro atoms. The van der Waals surface area contributed by atoms with Crippen LogP contribution in [0.4, 0.5) is 0 Å². The molecule has 0 aromatic heterocycles. The van der Waals surface area contributed by atoms with Gasteiger partial charge in [-0.3, -0.25) is 5.32 Å². The topological polar surface area (TPSA) is 50.1 Å². The molecule has 0 aromatic carbocycles. The van der Waals surface area contributed by atoms with Gasteiger partial charge in [-0.2, -0.15) is 0 Å². The quantitative estimate of drug-likeness (QED) is 0.581. The molecule has 2 aliphatic rings. The molecule has 70 valence electrons. The zero-order valence-electron chi connectivity index (χ0n) is 7.10. The van der Waals surface area contributed by atoms with Crippen molar-refractivity contribution in [2.75, 3.05) is 6.54 Å². The van der Waals surface area contributed by atoms with Crippen molar-refractivity contribution in [1.82, 2.24) is 10.6 Å². The Balaban J connectivity index is 0.000000720. The van der Waals surface area contributed by atoms with E-state index in [1.807, 2.05) is 0 Å². The van der Waals surface area contributed by atoms with E-state index in [1.165, 1.54) is 19.3 Å². The van der Waals surface area contributed by atoms with Gasteiger partial charge < -0.3 is 11.1 Å².